The van der Waals surface area contributed by atoms with Gasteiger partial charge in [0.2, 0.25) is 5.91 Å². The van der Waals surface area contributed by atoms with Gasteiger partial charge in [-0.25, -0.2) is 4.98 Å². The summed E-state index contributed by atoms with van der Waals surface area (Å²) in [5.74, 6) is 0.409. The summed E-state index contributed by atoms with van der Waals surface area (Å²) in [4.78, 5) is 19.0. The van der Waals surface area contributed by atoms with Gasteiger partial charge in [-0.05, 0) is 12.5 Å². The Morgan fingerprint density at radius 1 is 1.31 bits per heavy atom. The third-order valence-electron chi connectivity index (χ3n) is 4.39. The standard InChI is InChI=1S/C19H26N4O2S/c1-15(13-23-8-10-25-11-9-23)21-18(24)14-26-19-20-12-17(22(19)2)16-6-4-3-5-7-16/h3-7,12,15H,8-11,13-14H2,1-2H3,(H,21,24)/t15-/m1/s1. The zero-order valence-electron chi connectivity index (χ0n) is 15.4. The normalized spacial score (nSPS) is 16.4. The molecule has 0 unspecified atom stereocenters. The highest BCUT2D eigenvalue weighted by molar-refractivity contribution is 7.99. The summed E-state index contributed by atoms with van der Waals surface area (Å²) in [5.41, 5.74) is 2.17. The molecule has 26 heavy (non-hydrogen) atoms. The number of ether oxygens (including phenoxy) is 1. The van der Waals surface area contributed by atoms with Crippen LogP contribution in [-0.4, -0.2) is 65.0 Å². The molecule has 140 valence electrons. The minimum Gasteiger partial charge on any atom is -0.379 e. The van der Waals surface area contributed by atoms with Crippen LogP contribution in [0.15, 0.2) is 41.7 Å². The first kappa shape index (κ1) is 18.9. The van der Waals surface area contributed by atoms with Gasteiger partial charge in [-0.3, -0.25) is 9.69 Å². The van der Waals surface area contributed by atoms with Gasteiger partial charge in [-0.15, -0.1) is 0 Å². The quantitative estimate of drug-likeness (QED) is 0.752. The number of aromatic nitrogens is 2. The van der Waals surface area contributed by atoms with Crippen molar-refractivity contribution in [2.24, 2.45) is 7.05 Å². The van der Waals surface area contributed by atoms with Crippen molar-refractivity contribution in [2.75, 3.05) is 38.6 Å². The highest BCUT2D eigenvalue weighted by Gasteiger charge is 2.16. The number of morpholine rings is 1. The molecule has 0 radical (unpaired) electrons. The lowest BCUT2D eigenvalue weighted by Gasteiger charge is -2.29. The van der Waals surface area contributed by atoms with Crippen LogP contribution in [0.5, 0.6) is 0 Å². The molecule has 1 N–H and O–H groups in total. The van der Waals surface area contributed by atoms with Gasteiger partial charge in [0.05, 0.1) is 30.9 Å². The van der Waals surface area contributed by atoms with Crippen LogP contribution < -0.4 is 5.32 Å². The number of nitrogens with one attached hydrogen (secondary N) is 1. The second-order valence-electron chi connectivity index (χ2n) is 6.52. The fourth-order valence-electron chi connectivity index (χ4n) is 3.07. The SMILES string of the molecule is C[C@H](CN1CCOCC1)NC(=O)CSc1ncc(-c2ccccc2)n1C. The third kappa shape index (κ3) is 5.09. The lowest BCUT2D eigenvalue weighted by Crippen LogP contribution is -2.46. The van der Waals surface area contributed by atoms with Gasteiger partial charge < -0.3 is 14.6 Å². The molecule has 1 atom stereocenters. The number of nitrogens with zero attached hydrogens (tertiary/aromatic N) is 3. The van der Waals surface area contributed by atoms with E-state index < -0.39 is 0 Å². The third-order valence-corrected chi connectivity index (χ3v) is 5.43. The summed E-state index contributed by atoms with van der Waals surface area (Å²) in [7, 11) is 1.98. The average molecular weight is 375 g/mol. The van der Waals surface area contributed by atoms with Crippen molar-refractivity contribution >= 4 is 17.7 Å². The molecule has 1 fully saturated rings. The Hall–Kier alpha value is -1.83. The average Bonchev–Trinajstić information content (AvgIpc) is 3.02. The first-order valence-corrected chi connectivity index (χ1v) is 9.91. The Labute approximate surface area is 158 Å². The van der Waals surface area contributed by atoms with Crippen molar-refractivity contribution in [2.45, 2.75) is 18.1 Å². The van der Waals surface area contributed by atoms with Crippen LogP contribution in [0, 0.1) is 0 Å². The Balaban J connectivity index is 1.48. The number of benzene rings is 1. The molecular formula is C19H26N4O2S. The van der Waals surface area contributed by atoms with E-state index >= 15 is 0 Å². The number of thioether (sulfide) groups is 1. The molecule has 3 rings (SSSR count). The van der Waals surface area contributed by atoms with Gasteiger partial charge in [-0.2, -0.15) is 0 Å². The number of carbonyl (C=O) groups excluding carboxylic acids is 1. The highest BCUT2D eigenvalue weighted by Crippen LogP contribution is 2.24. The van der Waals surface area contributed by atoms with E-state index in [4.69, 9.17) is 4.74 Å². The first-order valence-electron chi connectivity index (χ1n) is 8.93. The molecule has 1 amide bonds. The minimum absolute atomic E-state index is 0.0417. The van der Waals surface area contributed by atoms with Gasteiger partial charge >= 0.3 is 0 Å². The molecule has 7 heteroatoms. The lowest BCUT2D eigenvalue weighted by atomic mass is 10.2. The summed E-state index contributed by atoms with van der Waals surface area (Å²) in [6.07, 6.45) is 1.86. The van der Waals surface area contributed by atoms with Gasteiger partial charge in [0, 0.05) is 32.7 Å². The zero-order chi connectivity index (χ0) is 18.4. The molecule has 0 spiro atoms. The fourth-order valence-corrected chi connectivity index (χ4v) is 3.83. The zero-order valence-corrected chi connectivity index (χ0v) is 16.2. The molecule has 1 aromatic carbocycles. The molecule has 0 bridgehead atoms. The van der Waals surface area contributed by atoms with Crippen LogP contribution in [0.1, 0.15) is 6.92 Å². The van der Waals surface area contributed by atoms with Gasteiger partial charge in [0.15, 0.2) is 5.16 Å². The van der Waals surface area contributed by atoms with Crippen molar-refractivity contribution < 1.29 is 9.53 Å². The number of amides is 1. The van der Waals surface area contributed by atoms with Gasteiger partial charge in [0.1, 0.15) is 0 Å². The van der Waals surface area contributed by atoms with Crippen molar-refractivity contribution in [3.63, 3.8) is 0 Å². The van der Waals surface area contributed by atoms with Gasteiger partial charge in [0.25, 0.3) is 0 Å². The maximum atomic E-state index is 12.2. The van der Waals surface area contributed by atoms with E-state index in [9.17, 15) is 4.79 Å². The molecule has 0 saturated carbocycles. The Morgan fingerprint density at radius 2 is 2.04 bits per heavy atom. The van der Waals surface area contributed by atoms with E-state index in [2.05, 4.69) is 27.3 Å². The highest BCUT2D eigenvalue weighted by atomic mass is 32.2. The molecule has 1 aliphatic heterocycles. The topological polar surface area (TPSA) is 59.4 Å². The minimum atomic E-state index is 0.0417. The number of hydrogen-bond acceptors (Lipinski definition) is 5. The number of imidazole rings is 1. The second-order valence-corrected chi connectivity index (χ2v) is 7.46. The van der Waals surface area contributed by atoms with Crippen LogP contribution in [0.25, 0.3) is 11.3 Å². The molecule has 6 nitrogen and oxygen atoms in total. The summed E-state index contributed by atoms with van der Waals surface area (Å²) in [6.45, 7) is 6.33. The Morgan fingerprint density at radius 3 is 2.77 bits per heavy atom. The van der Waals surface area contributed by atoms with E-state index in [1.165, 1.54) is 11.8 Å². The molecule has 2 heterocycles. The van der Waals surface area contributed by atoms with Gasteiger partial charge in [-0.1, -0.05) is 42.1 Å². The first-order chi connectivity index (χ1) is 12.6. The molecule has 0 aliphatic carbocycles. The molecular weight excluding hydrogens is 348 g/mol. The van der Waals surface area contributed by atoms with Crippen molar-refractivity contribution in [3.8, 4) is 11.3 Å². The van der Waals surface area contributed by atoms with E-state index in [0.717, 1.165) is 49.3 Å². The predicted octanol–water partition coefficient (Wildman–Crippen LogP) is 2.02. The summed E-state index contributed by atoms with van der Waals surface area (Å²) in [5, 5.41) is 3.92. The predicted molar refractivity (Wildman–Crippen MR) is 104 cm³/mol. The summed E-state index contributed by atoms with van der Waals surface area (Å²) >= 11 is 1.46. The van der Waals surface area contributed by atoms with Crippen molar-refractivity contribution in [1.82, 2.24) is 19.8 Å². The maximum absolute atomic E-state index is 12.2. The fraction of sp³-hybridized carbons (Fsp3) is 0.474. The smallest absolute Gasteiger partial charge is 0.230 e. The van der Waals surface area contributed by atoms with Crippen LogP contribution in [0.2, 0.25) is 0 Å². The molecule has 1 aliphatic rings. The van der Waals surface area contributed by atoms with E-state index in [0.29, 0.717) is 5.75 Å². The monoisotopic (exact) mass is 374 g/mol. The van der Waals surface area contributed by atoms with Crippen LogP contribution >= 0.6 is 11.8 Å². The number of rotatable bonds is 7. The Kier molecular flexibility index (Phi) is 6.71. The van der Waals surface area contributed by atoms with Crippen LogP contribution in [0.3, 0.4) is 0 Å². The van der Waals surface area contributed by atoms with Crippen LogP contribution in [0.4, 0.5) is 0 Å². The number of hydrogen-bond donors (Lipinski definition) is 1. The van der Waals surface area contributed by atoms with Crippen molar-refractivity contribution in [3.05, 3.63) is 36.5 Å². The maximum Gasteiger partial charge on any atom is 0.230 e. The largest absolute Gasteiger partial charge is 0.379 e. The summed E-state index contributed by atoms with van der Waals surface area (Å²) in [6, 6.07) is 10.3. The molecule has 1 saturated heterocycles. The summed E-state index contributed by atoms with van der Waals surface area (Å²) < 4.78 is 7.39. The second kappa shape index (κ2) is 9.21. The van der Waals surface area contributed by atoms with Crippen LogP contribution in [-0.2, 0) is 16.6 Å². The van der Waals surface area contributed by atoms with Crippen molar-refractivity contribution in [1.29, 1.82) is 0 Å². The lowest BCUT2D eigenvalue weighted by molar-refractivity contribution is -0.119. The Bertz CT molecular complexity index is 714. The number of carbonyl (C=O) groups is 1. The molecule has 1 aromatic heterocycles. The molecule has 2 aromatic rings. The van der Waals surface area contributed by atoms with E-state index in [1.807, 2.05) is 42.9 Å². The van der Waals surface area contributed by atoms with E-state index in [-0.39, 0.29) is 11.9 Å². The van der Waals surface area contributed by atoms with E-state index in [1.54, 1.807) is 0 Å².